The summed E-state index contributed by atoms with van der Waals surface area (Å²) in [5.74, 6) is 0.668. The smallest absolute Gasteiger partial charge is 0.132 e. The van der Waals surface area contributed by atoms with Crippen LogP contribution in [0.15, 0.2) is 0 Å². The molecule has 82 valence electrons. The van der Waals surface area contributed by atoms with Crippen LogP contribution >= 0.6 is 0 Å². The monoisotopic (exact) mass is 198 g/mol. The molecule has 0 aromatic heterocycles. The molecule has 0 saturated carbocycles. The first kappa shape index (κ1) is 13.3. The van der Waals surface area contributed by atoms with E-state index in [-0.39, 0.29) is 0 Å². The minimum atomic E-state index is 0.311. The highest BCUT2D eigenvalue weighted by molar-refractivity contribution is 5.79. The van der Waals surface area contributed by atoms with E-state index in [1.54, 1.807) is 0 Å². The van der Waals surface area contributed by atoms with Crippen LogP contribution in [0.25, 0.3) is 0 Å². The standard InChI is InChI=1S/C12H22O2/c1-3-5-8-12(14)10-7-6-9-11(13)4-2/h3-10H2,1-2H3. The number of hydrogen-bond acceptors (Lipinski definition) is 2. The third kappa shape index (κ3) is 7.96. The third-order valence-corrected chi connectivity index (χ3v) is 2.36. The molecule has 0 unspecified atom stereocenters. The van der Waals surface area contributed by atoms with E-state index in [0.717, 1.165) is 32.1 Å². The lowest BCUT2D eigenvalue weighted by Crippen LogP contribution is -1.99. The van der Waals surface area contributed by atoms with Crippen LogP contribution in [0, 0.1) is 0 Å². The van der Waals surface area contributed by atoms with Gasteiger partial charge in [-0.05, 0) is 19.3 Å². The van der Waals surface area contributed by atoms with Crippen molar-refractivity contribution >= 4 is 11.6 Å². The van der Waals surface area contributed by atoms with Crippen LogP contribution in [-0.2, 0) is 9.59 Å². The average molecular weight is 198 g/mol. The highest BCUT2D eigenvalue weighted by Gasteiger charge is 2.02. The van der Waals surface area contributed by atoms with Crippen molar-refractivity contribution in [1.82, 2.24) is 0 Å². The molecule has 0 saturated heterocycles. The van der Waals surface area contributed by atoms with Gasteiger partial charge in [0.15, 0.2) is 0 Å². The summed E-state index contributed by atoms with van der Waals surface area (Å²) in [6.07, 6.45) is 6.52. The highest BCUT2D eigenvalue weighted by Crippen LogP contribution is 2.06. The molecule has 0 aliphatic heterocycles. The van der Waals surface area contributed by atoms with Gasteiger partial charge >= 0.3 is 0 Å². The molecule has 0 atom stereocenters. The Hall–Kier alpha value is -0.660. The maximum atomic E-state index is 11.2. The fourth-order valence-corrected chi connectivity index (χ4v) is 1.32. The Bertz CT molecular complexity index is 173. The molecule has 0 amide bonds. The number of carbonyl (C=O) groups excluding carboxylic acids is 2. The van der Waals surface area contributed by atoms with Gasteiger partial charge in [-0.15, -0.1) is 0 Å². The lowest BCUT2D eigenvalue weighted by atomic mass is 10.1. The van der Waals surface area contributed by atoms with Crippen molar-refractivity contribution in [3.05, 3.63) is 0 Å². The maximum absolute atomic E-state index is 11.2. The van der Waals surface area contributed by atoms with Gasteiger partial charge in [-0.2, -0.15) is 0 Å². The van der Waals surface area contributed by atoms with Crippen molar-refractivity contribution in [2.75, 3.05) is 0 Å². The van der Waals surface area contributed by atoms with E-state index in [4.69, 9.17) is 0 Å². The van der Waals surface area contributed by atoms with Gasteiger partial charge in [0.05, 0.1) is 0 Å². The number of unbranched alkanes of at least 4 members (excludes halogenated alkanes) is 2. The van der Waals surface area contributed by atoms with Crippen LogP contribution in [0.3, 0.4) is 0 Å². The molecule has 0 aliphatic carbocycles. The van der Waals surface area contributed by atoms with Gasteiger partial charge in [0.25, 0.3) is 0 Å². The first-order valence-corrected chi connectivity index (χ1v) is 5.74. The Balaban J connectivity index is 3.27. The molecule has 0 rings (SSSR count). The summed E-state index contributed by atoms with van der Waals surface area (Å²) >= 11 is 0. The zero-order chi connectivity index (χ0) is 10.8. The van der Waals surface area contributed by atoms with Crippen LogP contribution in [0.2, 0.25) is 0 Å². The quantitative estimate of drug-likeness (QED) is 0.533. The Labute approximate surface area is 87.1 Å². The molecular formula is C12H22O2. The number of hydrogen-bond donors (Lipinski definition) is 0. The topological polar surface area (TPSA) is 34.1 Å². The highest BCUT2D eigenvalue weighted by atomic mass is 16.1. The van der Waals surface area contributed by atoms with E-state index in [0.29, 0.717) is 30.8 Å². The normalized spacial score (nSPS) is 10.1. The zero-order valence-corrected chi connectivity index (χ0v) is 9.47. The molecule has 0 aromatic rings. The third-order valence-electron chi connectivity index (χ3n) is 2.36. The molecule has 2 heteroatoms. The number of ketones is 2. The molecule has 0 spiro atoms. The second kappa shape index (κ2) is 8.92. The van der Waals surface area contributed by atoms with Crippen molar-refractivity contribution in [2.45, 2.75) is 65.2 Å². The van der Waals surface area contributed by atoms with Gasteiger partial charge in [0.1, 0.15) is 11.6 Å². The summed E-state index contributed by atoms with van der Waals surface area (Å²) in [6, 6.07) is 0. The van der Waals surface area contributed by atoms with Crippen LogP contribution in [0.4, 0.5) is 0 Å². The van der Waals surface area contributed by atoms with Gasteiger partial charge in [-0.1, -0.05) is 20.3 Å². The Kier molecular flexibility index (Phi) is 8.50. The fourth-order valence-electron chi connectivity index (χ4n) is 1.32. The van der Waals surface area contributed by atoms with Crippen molar-refractivity contribution in [2.24, 2.45) is 0 Å². The molecule has 0 N–H and O–H groups in total. The zero-order valence-electron chi connectivity index (χ0n) is 9.47. The predicted octanol–water partition coefficient (Wildman–Crippen LogP) is 3.29. The van der Waals surface area contributed by atoms with Crippen molar-refractivity contribution in [3.8, 4) is 0 Å². The van der Waals surface area contributed by atoms with E-state index in [2.05, 4.69) is 6.92 Å². The first-order chi connectivity index (χ1) is 6.70. The number of rotatable bonds is 9. The van der Waals surface area contributed by atoms with Gasteiger partial charge in [0.2, 0.25) is 0 Å². The van der Waals surface area contributed by atoms with E-state index in [9.17, 15) is 9.59 Å². The lowest BCUT2D eigenvalue weighted by molar-refractivity contribution is -0.120. The first-order valence-electron chi connectivity index (χ1n) is 5.74. The number of Topliss-reactive ketones (excluding diaryl/α,β-unsaturated/α-hetero) is 2. The molecule has 2 nitrogen and oxygen atoms in total. The van der Waals surface area contributed by atoms with Crippen LogP contribution in [0.1, 0.15) is 65.2 Å². The summed E-state index contributed by atoms with van der Waals surface area (Å²) in [5.41, 5.74) is 0. The van der Waals surface area contributed by atoms with E-state index < -0.39 is 0 Å². The van der Waals surface area contributed by atoms with Crippen molar-refractivity contribution < 1.29 is 9.59 Å². The maximum Gasteiger partial charge on any atom is 0.132 e. The van der Waals surface area contributed by atoms with E-state index in [1.807, 2.05) is 6.92 Å². The molecule has 0 bridgehead atoms. The summed E-state index contributed by atoms with van der Waals surface area (Å²) in [6.45, 7) is 3.97. The Morgan fingerprint density at radius 3 is 1.79 bits per heavy atom. The molecule has 14 heavy (non-hydrogen) atoms. The molecule has 0 aromatic carbocycles. The second-order valence-electron chi connectivity index (χ2n) is 3.74. The summed E-state index contributed by atoms with van der Waals surface area (Å²) in [5, 5.41) is 0. The van der Waals surface area contributed by atoms with Crippen LogP contribution in [-0.4, -0.2) is 11.6 Å². The van der Waals surface area contributed by atoms with Gasteiger partial charge in [0, 0.05) is 25.7 Å². The molecular weight excluding hydrogens is 176 g/mol. The molecule has 0 heterocycles. The van der Waals surface area contributed by atoms with Gasteiger partial charge < -0.3 is 0 Å². The van der Waals surface area contributed by atoms with Crippen LogP contribution < -0.4 is 0 Å². The van der Waals surface area contributed by atoms with E-state index >= 15 is 0 Å². The second-order valence-corrected chi connectivity index (χ2v) is 3.74. The number of carbonyl (C=O) groups is 2. The summed E-state index contributed by atoms with van der Waals surface area (Å²) < 4.78 is 0. The van der Waals surface area contributed by atoms with Gasteiger partial charge in [-0.3, -0.25) is 9.59 Å². The SMILES string of the molecule is CCCCC(=O)CCCCC(=O)CC. The largest absolute Gasteiger partial charge is 0.300 e. The fraction of sp³-hybridized carbons (Fsp3) is 0.833. The Morgan fingerprint density at radius 1 is 0.786 bits per heavy atom. The molecule has 0 aliphatic rings. The predicted molar refractivity (Wildman–Crippen MR) is 58.3 cm³/mol. The minimum Gasteiger partial charge on any atom is -0.300 e. The van der Waals surface area contributed by atoms with Crippen molar-refractivity contribution in [1.29, 1.82) is 0 Å². The summed E-state index contributed by atoms with van der Waals surface area (Å²) in [7, 11) is 0. The lowest BCUT2D eigenvalue weighted by Gasteiger charge is -1.99. The summed E-state index contributed by atoms with van der Waals surface area (Å²) in [4.78, 5) is 22.2. The molecule has 0 radical (unpaired) electrons. The molecule has 0 fully saturated rings. The van der Waals surface area contributed by atoms with Crippen molar-refractivity contribution in [3.63, 3.8) is 0 Å². The minimum absolute atomic E-state index is 0.311. The van der Waals surface area contributed by atoms with E-state index in [1.165, 1.54) is 0 Å². The average Bonchev–Trinajstić information content (AvgIpc) is 2.21. The Morgan fingerprint density at radius 2 is 1.29 bits per heavy atom. The van der Waals surface area contributed by atoms with Crippen LogP contribution in [0.5, 0.6) is 0 Å². The van der Waals surface area contributed by atoms with Gasteiger partial charge in [-0.25, -0.2) is 0 Å².